The second-order valence-electron chi connectivity index (χ2n) is 5.24. The highest BCUT2D eigenvalue weighted by Crippen LogP contribution is 2.28. The number of pyridine rings is 1. The van der Waals surface area contributed by atoms with Crippen molar-refractivity contribution in [3.8, 4) is 11.5 Å². The van der Waals surface area contributed by atoms with Gasteiger partial charge in [0.25, 0.3) is 0 Å². The van der Waals surface area contributed by atoms with Gasteiger partial charge in [0.05, 0.1) is 13.2 Å². The summed E-state index contributed by atoms with van der Waals surface area (Å²) in [5, 5.41) is 12.9. The number of aromatic nitrogens is 1. The van der Waals surface area contributed by atoms with Gasteiger partial charge < -0.3 is 32.3 Å². The van der Waals surface area contributed by atoms with E-state index in [1.165, 1.54) is 0 Å². The average Bonchev–Trinajstić information content (AvgIpc) is 2.54. The number of nitrogens with zero attached hydrogens (tertiary/aromatic N) is 1. The highest BCUT2D eigenvalue weighted by molar-refractivity contribution is 6.29. The molecule has 1 unspecified atom stereocenters. The largest absolute Gasteiger partial charge is 1.00 e. The molecule has 0 bridgehead atoms. The molecule has 0 aliphatic heterocycles. The zero-order valence-electron chi connectivity index (χ0n) is 13.6. The summed E-state index contributed by atoms with van der Waals surface area (Å²) in [6.45, 7) is 3.34. The molecule has 2 N–H and O–H groups in total. The fraction of sp³-hybridized carbons (Fsp3) is 0.353. The van der Waals surface area contributed by atoms with Crippen molar-refractivity contribution in [2.24, 2.45) is 0 Å². The molecule has 132 valence electrons. The number of rotatable bonds is 8. The van der Waals surface area contributed by atoms with Crippen molar-refractivity contribution in [3.05, 3.63) is 52.8 Å². The second-order valence-corrected chi connectivity index (χ2v) is 5.63. The van der Waals surface area contributed by atoms with Crippen LogP contribution in [-0.4, -0.2) is 29.8 Å². The maximum Gasteiger partial charge on any atom is 0.161 e. The number of methoxy groups -OCH3 is 1. The van der Waals surface area contributed by atoms with Crippen LogP contribution in [0.4, 0.5) is 0 Å². The van der Waals surface area contributed by atoms with Gasteiger partial charge in [-0.2, -0.15) is 0 Å². The van der Waals surface area contributed by atoms with Gasteiger partial charge in [0, 0.05) is 24.8 Å². The Hall–Kier alpha value is -1.53. The van der Waals surface area contributed by atoms with Crippen molar-refractivity contribution in [2.75, 3.05) is 13.7 Å². The van der Waals surface area contributed by atoms with Crippen LogP contribution >= 0.6 is 11.6 Å². The zero-order valence-corrected chi connectivity index (χ0v) is 15.1. The first-order chi connectivity index (χ1) is 11.1. The van der Waals surface area contributed by atoms with E-state index in [1.54, 1.807) is 26.3 Å². The molecule has 5 nitrogen and oxygen atoms in total. The summed E-state index contributed by atoms with van der Waals surface area (Å²) in [6.07, 6.45) is 1.32. The summed E-state index contributed by atoms with van der Waals surface area (Å²) in [4.78, 5) is 4.02. The summed E-state index contributed by atoms with van der Waals surface area (Å²) < 4.78 is 11.2. The second kappa shape index (κ2) is 10.4. The predicted octanol–water partition coefficient (Wildman–Crippen LogP) is -0.203. The smallest absolute Gasteiger partial charge is 0.161 e. The van der Waals surface area contributed by atoms with Crippen molar-refractivity contribution in [2.45, 2.75) is 26.2 Å². The van der Waals surface area contributed by atoms with E-state index < -0.39 is 0 Å². The summed E-state index contributed by atoms with van der Waals surface area (Å²) in [7, 11) is 1.61. The van der Waals surface area contributed by atoms with Gasteiger partial charge >= 0.3 is 0 Å². The third kappa shape index (κ3) is 6.53. The molecule has 0 saturated carbocycles. The number of aliphatic hydroxyl groups excluding tert-OH is 1. The molecular formula is C17H21Cl2N2O3-. The van der Waals surface area contributed by atoms with Gasteiger partial charge in [-0.1, -0.05) is 23.7 Å². The lowest BCUT2D eigenvalue weighted by atomic mass is 10.2. The summed E-state index contributed by atoms with van der Waals surface area (Å²) in [5.74, 6) is 1.34. The highest BCUT2D eigenvalue weighted by atomic mass is 35.5. The Labute approximate surface area is 153 Å². The quantitative estimate of drug-likeness (QED) is 0.629. The molecule has 1 aromatic heterocycles. The molecule has 1 atom stereocenters. The van der Waals surface area contributed by atoms with Gasteiger partial charge in [0.1, 0.15) is 11.8 Å². The van der Waals surface area contributed by atoms with Crippen LogP contribution in [0.5, 0.6) is 11.5 Å². The molecule has 0 amide bonds. The van der Waals surface area contributed by atoms with E-state index in [1.807, 2.05) is 24.3 Å². The number of hydrogen-bond donors (Lipinski definition) is 2. The van der Waals surface area contributed by atoms with Crippen LogP contribution in [0.25, 0.3) is 0 Å². The zero-order chi connectivity index (χ0) is 16.7. The van der Waals surface area contributed by atoms with Crippen LogP contribution in [0.3, 0.4) is 0 Å². The molecule has 1 aromatic carbocycles. The molecule has 0 fully saturated rings. The van der Waals surface area contributed by atoms with E-state index >= 15 is 0 Å². The average molecular weight is 372 g/mol. The lowest BCUT2D eigenvalue weighted by Gasteiger charge is -2.13. The Kier molecular flexibility index (Phi) is 8.85. The van der Waals surface area contributed by atoms with Crippen LogP contribution in [0, 0.1) is 0 Å². The number of benzene rings is 1. The topological polar surface area (TPSA) is 63.6 Å². The van der Waals surface area contributed by atoms with Gasteiger partial charge in [-0.05, 0) is 30.7 Å². The SMILES string of the molecule is COc1cc(CNCC(C)O)ccc1OCc1ccc(Cl)nc1.[Cl-]. The first kappa shape index (κ1) is 20.5. The predicted molar refractivity (Wildman–Crippen MR) is 90.0 cm³/mol. The van der Waals surface area contributed by atoms with Gasteiger partial charge in [-0.25, -0.2) is 4.98 Å². The Bertz CT molecular complexity index is 622. The normalized spacial score (nSPS) is 11.5. The molecule has 0 saturated heterocycles. The summed E-state index contributed by atoms with van der Waals surface area (Å²) in [5.41, 5.74) is 1.99. The lowest BCUT2D eigenvalue weighted by molar-refractivity contribution is -0.00000752. The van der Waals surface area contributed by atoms with Gasteiger partial charge in [0.15, 0.2) is 11.5 Å². The van der Waals surface area contributed by atoms with Crippen LogP contribution in [-0.2, 0) is 13.2 Å². The monoisotopic (exact) mass is 371 g/mol. The third-order valence-electron chi connectivity index (χ3n) is 3.18. The maximum absolute atomic E-state index is 9.25. The number of hydrogen-bond acceptors (Lipinski definition) is 5. The molecule has 7 heteroatoms. The highest BCUT2D eigenvalue weighted by Gasteiger charge is 2.07. The molecular weight excluding hydrogens is 351 g/mol. The summed E-state index contributed by atoms with van der Waals surface area (Å²) >= 11 is 5.76. The van der Waals surface area contributed by atoms with Crippen molar-refractivity contribution < 1.29 is 27.0 Å². The molecule has 2 aromatic rings. The van der Waals surface area contributed by atoms with E-state index in [0.29, 0.717) is 36.3 Å². The summed E-state index contributed by atoms with van der Waals surface area (Å²) in [6, 6.07) is 9.36. The van der Waals surface area contributed by atoms with Crippen molar-refractivity contribution >= 4 is 11.6 Å². The molecule has 0 aliphatic rings. The minimum Gasteiger partial charge on any atom is -1.00 e. The molecule has 2 rings (SSSR count). The maximum atomic E-state index is 9.25. The Morgan fingerprint density at radius 3 is 2.58 bits per heavy atom. The van der Waals surface area contributed by atoms with Crippen molar-refractivity contribution in [1.29, 1.82) is 0 Å². The Morgan fingerprint density at radius 1 is 1.21 bits per heavy atom. The standard InChI is InChI=1S/C17H21ClN2O3.ClH/c1-12(21)8-19-9-13-3-5-15(16(7-13)22-2)23-11-14-4-6-17(18)20-10-14;/h3-7,10,12,19,21H,8-9,11H2,1-2H3;1H/p-1. The van der Waals surface area contributed by atoms with Gasteiger partial charge in [-0.3, -0.25) is 0 Å². The van der Waals surface area contributed by atoms with Crippen LogP contribution in [0.1, 0.15) is 18.1 Å². The third-order valence-corrected chi connectivity index (χ3v) is 3.40. The van der Waals surface area contributed by atoms with Gasteiger partial charge in [0.2, 0.25) is 0 Å². The first-order valence-corrected chi connectivity index (χ1v) is 7.75. The number of halogens is 2. The van der Waals surface area contributed by atoms with E-state index in [-0.39, 0.29) is 18.5 Å². The Balaban J connectivity index is 0.00000288. The minimum atomic E-state index is -0.368. The molecule has 1 heterocycles. The van der Waals surface area contributed by atoms with E-state index in [2.05, 4.69) is 10.3 Å². The molecule has 24 heavy (non-hydrogen) atoms. The Morgan fingerprint density at radius 2 is 1.96 bits per heavy atom. The van der Waals surface area contributed by atoms with Crippen LogP contribution in [0.15, 0.2) is 36.5 Å². The van der Waals surface area contributed by atoms with E-state index in [0.717, 1.165) is 11.1 Å². The van der Waals surface area contributed by atoms with E-state index in [9.17, 15) is 5.11 Å². The number of nitrogens with one attached hydrogen (secondary N) is 1. The molecule has 0 radical (unpaired) electrons. The minimum absolute atomic E-state index is 0. The van der Waals surface area contributed by atoms with E-state index in [4.69, 9.17) is 21.1 Å². The van der Waals surface area contributed by atoms with Gasteiger partial charge in [-0.15, -0.1) is 0 Å². The fourth-order valence-electron chi connectivity index (χ4n) is 2.02. The molecule has 0 aliphatic carbocycles. The fourth-order valence-corrected chi connectivity index (χ4v) is 2.13. The number of aliphatic hydroxyl groups is 1. The first-order valence-electron chi connectivity index (χ1n) is 7.37. The lowest BCUT2D eigenvalue weighted by Crippen LogP contribution is -3.00. The number of ether oxygens (including phenoxy) is 2. The van der Waals surface area contributed by atoms with Crippen LogP contribution < -0.4 is 27.2 Å². The molecule has 0 spiro atoms. The van der Waals surface area contributed by atoms with Crippen molar-refractivity contribution in [3.63, 3.8) is 0 Å². The van der Waals surface area contributed by atoms with Crippen molar-refractivity contribution in [1.82, 2.24) is 10.3 Å². The van der Waals surface area contributed by atoms with Crippen LogP contribution in [0.2, 0.25) is 5.15 Å².